The molecule has 1 rings (SSSR count). The number of nitro benzene ring substituents is 1. The number of aryl methyl sites for hydroxylation is 1. The SMILES string of the molecule is C#CCC(CC)Nc1cc(C)ccc1[N+](=O)[O-]. The molecule has 17 heavy (non-hydrogen) atoms. The first-order valence-corrected chi connectivity index (χ1v) is 5.53. The van der Waals surface area contributed by atoms with Gasteiger partial charge in [0.25, 0.3) is 5.69 Å². The molecule has 0 saturated heterocycles. The number of nitro groups is 1. The fourth-order valence-electron chi connectivity index (χ4n) is 1.58. The number of nitrogens with one attached hydrogen (secondary N) is 1. The minimum absolute atomic E-state index is 0.0699. The Labute approximate surface area is 101 Å². The number of terminal acetylenes is 1. The average molecular weight is 232 g/mol. The van der Waals surface area contributed by atoms with Crippen LogP contribution >= 0.6 is 0 Å². The summed E-state index contributed by atoms with van der Waals surface area (Å²) < 4.78 is 0. The molecule has 90 valence electrons. The van der Waals surface area contributed by atoms with Gasteiger partial charge in [-0.25, -0.2) is 0 Å². The topological polar surface area (TPSA) is 55.2 Å². The highest BCUT2D eigenvalue weighted by molar-refractivity contribution is 5.63. The summed E-state index contributed by atoms with van der Waals surface area (Å²) in [6.07, 6.45) is 6.65. The van der Waals surface area contributed by atoms with Gasteiger partial charge in [0.1, 0.15) is 5.69 Å². The molecular formula is C13H16N2O2. The van der Waals surface area contributed by atoms with E-state index in [-0.39, 0.29) is 16.7 Å². The molecule has 1 N–H and O–H groups in total. The van der Waals surface area contributed by atoms with E-state index >= 15 is 0 Å². The van der Waals surface area contributed by atoms with Crippen LogP contribution in [0.15, 0.2) is 18.2 Å². The van der Waals surface area contributed by atoms with E-state index in [2.05, 4.69) is 11.2 Å². The highest BCUT2D eigenvalue weighted by Gasteiger charge is 2.15. The van der Waals surface area contributed by atoms with Gasteiger partial charge in [-0.1, -0.05) is 13.0 Å². The molecule has 0 radical (unpaired) electrons. The number of benzene rings is 1. The Balaban J connectivity index is 2.99. The standard InChI is InChI=1S/C13H16N2O2/c1-4-6-11(5-2)14-12-9-10(3)7-8-13(12)15(16)17/h1,7-9,11,14H,5-6H2,2-3H3. The molecule has 0 fully saturated rings. The van der Waals surface area contributed by atoms with E-state index in [9.17, 15) is 10.1 Å². The van der Waals surface area contributed by atoms with E-state index in [1.807, 2.05) is 13.8 Å². The van der Waals surface area contributed by atoms with E-state index in [4.69, 9.17) is 6.42 Å². The summed E-state index contributed by atoms with van der Waals surface area (Å²) in [5.74, 6) is 2.57. The van der Waals surface area contributed by atoms with Crippen molar-refractivity contribution in [3.8, 4) is 12.3 Å². The molecular weight excluding hydrogens is 216 g/mol. The second-order valence-electron chi connectivity index (χ2n) is 3.94. The van der Waals surface area contributed by atoms with Gasteiger partial charge < -0.3 is 5.32 Å². The predicted octanol–water partition coefficient (Wildman–Crippen LogP) is 3.12. The van der Waals surface area contributed by atoms with Gasteiger partial charge in [-0.3, -0.25) is 10.1 Å². The summed E-state index contributed by atoms with van der Waals surface area (Å²) >= 11 is 0. The highest BCUT2D eigenvalue weighted by Crippen LogP contribution is 2.26. The molecule has 0 bridgehead atoms. The largest absolute Gasteiger partial charge is 0.376 e. The van der Waals surface area contributed by atoms with Crippen LogP contribution in [0.1, 0.15) is 25.3 Å². The number of rotatable bonds is 5. The zero-order chi connectivity index (χ0) is 12.8. The van der Waals surface area contributed by atoms with E-state index < -0.39 is 0 Å². The Kier molecular flexibility index (Phi) is 4.53. The third kappa shape index (κ3) is 3.49. The van der Waals surface area contributed by atoms with Crippen molar-refractivity contribution in [1.82, 2.24) is 0 Å². The first kappa shape index (κ1) is 13.0. The third-order valence-electron chi connectivity index (χ3n) is 2.57. The van der Waals surface area contributed by atoms with Gasteiger partial charge in [0.2, 0.25) is 0 Å². The quantitative estimate of drug-likeness (QED) is 0.482. The normalized spacial score (nSPS) is 11.6. The number of hydrogen-bond acceptors (Lipinski definition) is 3. The molecule has 0 aliphatic carbocycles. The molecule has 0 amide bonds. The van der Waals surface area contributed by atoms with Gasteiger partial charge in [0.15, 0.2) is 0 Å². The van der Waals surface area contributed by atoms with E-state index in [1.165, 1.54) is 6.07 Å². The van der Waals surface area contributed by atoms with Gasteiger partial charge in [0, 0.05) is 18.5 Å². The Morgan fingerprint density at radius 1 is 1.59 bits per heavy atom. The summed E-state index contributed by atoms with van der Waals surface area (Å²) in [6, 6.07) is 5.09. The van der Waals surface area contributed by atoms with Crippen LogP contribution in [0.5, 0.6) is 0 Å². The summed E-state index contributed by atoms with van der Waals surface area (Å²) in [5, 5.41) is 14.0. The maximum Gasteiger partial charge on any atom is 0.292 e. The molecule has 0 heterocycles. The van der Waals surface area contributed by atoms with Gasteiger partial charge in [-0.2, -0.15) is 0 Å². The van der Waals surface area contributed by atoms with Crippen molar-refractivity contribution in [3.63, 3.8) is 0 Å². The molecule has 0 saturated carbocycles. The Morgan fingerprint density at radius 2 is 2.29 bits per heavy atom. The van der Waals surface area contributed by atoms with Crippen molar-refractivity contribution in [2.75, 3.05) is 5.32 Å². The van der Waals surface area contributed by atoms with Crippen molar-refractivity contribution >= 4 is 11.4 Å². The van der Waals surface area contributed by atoms with Crippen LogP contribution in [0.3, 0.4) is 0 Å². The zero-order valence-electron chi connectivity index (χ0n) is 10.1. The van der Waals surface area contributed by atoms with Crippen molar-refractivity contribution < 1.29 is 4.92 Å². The summed E-state index contributed by atoms with van der Waals surface area (Å²) in [6.45, 7) is 3.90. The number of anilines is 1. The van der Waals surface area contributed by atoms with Crippen LogP contribution in [0.4, 0.5) is 11.4 Å². The molecule has 4 nitrogen and oxygen atoms in total. The summed E-state index contributed by atoms with van der Waals surface area (Å²) in [4.78, 5) is 10.5. The molecule has 0 aliphatic rings. The highest BCUT2D eigenvalue weighted by atomic mass is 16.6. The molecule has 0 spiro atoms. The Morgan fingerprint density at radius 3 is 2.82 bits per heavy atom. The lowest BCUT2D eigenvalue weighted by Gasteiger charge is -2.16. The second kappa shape index (κ2) is 5.90. The zero-order valence-corrected chi connectivity index (χ0v) is 10.1. The van der Waals surface area contributed by atoms with Crippen LogP contribution in [-0.4, -0.2) is 11.0 Å². The van der Waals surface area contributed by atoms with E-state index in [0.717, 1.165) is 12.0 Å². The lowest BCUT2D eigenvalue weighted by Crippen LogP contribution is -2.18. The third-order valence-corrected chi connectivity index (χ3v) is 2.57. The van der Waals surface area contributed by atoms with Gasteiger partial charge in [-0.15, -0.1) is 12.3 Å². The maximum absolute atomic E-state index is 10.9. The van der Waals surface area contributed by atoms with Crippen molar-refractivity contribution in [2.45, 2.75) is 32.7 Å². The Hall–Kier alpha value is -2.02. The molecule has 0 aliphatic heterocycles. The van der Waals surface area contributed by atoms with Crippen molar-refractivity contribution in [3.05, 3.63) is 33.9 Å². The lowest BCUT2D eigenvalue weighted by atomic mass is 10.1. The molecule has 1 unspecified atom stereocenters. The van der Waals surface area contributed by atoms with Crippen molar-refractivity contribution in [1.29, 1.82) is 0 Å². The molecule has 1 atom stereocenters. The van der Waals surface area contributed by atoms with Crippen LogP contribution in [-0.2, 0) is 0 Å². The number of hydrogen-bond donors (Lipinski definition) is 1. The first-order valence-electron chi connectivity index (χ1n) is 5.53. The number of nitrogens with zero attached hydrogens (tertiary/aromatic N) is 1. The minimum atomic E-state index is -0.385. The van der Waals surface area contributed by atoms with Gasteiger partial charge in [-0.05, 0) is 25.0 Å². The monoisotopic (exact) mass is 232 g/mol. The van der Waals surface area contributed by atoms with Gasteiger partial charge >= 0.3 is 0 Å². The van der Waals surface area contributed by atoms with Crippen molar-refractivity contribution in [2.24, 2.45) is 0 Å². The Bertz CT molecular complexity index is 449. The van der Waals surface area contributed by atoms with E-state index in [0.29, 0.717) is 12.1 Å². The van der Waals surface area contributed by atoms with E-state index in [1.54, 1.807) is 12.1 Å². The summed E-state index contributed by atoms with van der Waals surface area (Å²) in [7, 11) is 0. The fraction of sp³-hybridized carbons (Fsp3) is 0.385. The molecule has 1 aromatic rings. The van der Waals surface area contributed by atoms with Gasteiger partial charge in [0.05, 0.1) is 4.92 Å². The van der Waals surface area contributed by atoms with Crippen LogP contribution < -0.4 is 5.32 Å². The molecule has 0 aromatic heterocycles. The summed E-state index contributed by atoms with van der Waals surface area (Å²) in [5.41, 5.74) is 1.61. The van der Waals surface area contributed by atoms with Crippen LogP contribution in [0, 0.1) is 29.4 Å². The minimum Gasteiger partial charge on any atom is -0.376 e. The fourth-order valence-corrected chi connectivity index (χ4v) is 1.58. The van der Waals surface area contributed by atoms with Crippen LogP contribution in [0.2, 0.25) is 0 Å². The predicted molar refractivity (Wildman–Crippen MR) is 69.0 cm³/mol. The first-order chi connectivity index (χ1) is 8.08. The average Bonchev–Trinajstić information content (AvgIpc) is 2.28. The smallest absolute Gasteiger partial charge is 0.292 e. The van der Waals surface area contributed by atoms with Crippen LogP contribution in [0.25, 0.3) is 0 Å². The lowest BCUT2D eigenvalue weighted by molar-refractivity contribution is -0.384. The second-order valence-corrected chi connectivity index (χ2v) is 3.94. The maximum atomic E-state index is 10.9. The molecule has 1 aromatic carbocycles. The molecule has 4 heteroatoms.